The second-order valence-electron chi connectivity index (χ2n) is 6.95. The first-order valence-corrected chi connectivity index (χ1v) is 10.1. The number of nitrogens with zero attached hydrogens (tertiary/aromatic N) is 4. The largest absolute Gasteiger partial charge is 0.348 e. The van der Waals surface area contributed by atoms with Crippen molar-refractivity contribution in [3.05, 3.63) is 10.8 Å². The highest BCUT2D eigenvalue weighted by Crippen LogP contribution is 2.65. The van der Waals surface area contributed by atoms with Crippen LogP contribution in [-0.2, 0) is 0 Å². The second-order valence-corrected chi connectivity index (χ2v) is 13.2. The molecule has 0 aromatic carbocycles. The van der Waals surface area contributed by atoms with Crippen LogP contribution in [-0.4, -0.2) is 28.1 Å². The maximum absolute atomic E-state index is 8.83. The Balaban J connectivity index is 3.15. The Hall–Kier alpha value is -0.143. The SMILES string of the molecule is CC(C)(C)N1P(C#[N+][N-])N(C(C)(C)C)[Si]1(C)C. The van der Waals surface area contributed by atoms with E-state index in [0.717, 1.165) is 0 Å². The summed E-state index contributed by atoms with van der Waals surface area (Å²) in [5, 5.41) is 0. The lowest BCUT2D eigenvalue weighted by atomic mass is 10.1. The maximum atomic E-state index is 8.83. The van der Waals surface area contributed by atoms with E-state index in [0.29, 0.717) is 0 Å². The van der Waals surface area contributed by atoms with Crippen LogP contribution in [0.2, 0.25) is 13.1 Å². The quantitative estimate of drug-likeness (QED) is 0.375. The van der Waals surface area contributed by atoms with Crippen LogP contribution in [0, 0.1) is 5.81 Å². The van der Waals surface area contributed by atoms with E-state index in [1.807, 2.05) is 0 Å². The highest BCUT2D eigenvalue weighted by molar-refractivity contribution is 7.66. The van der Waals surface area contributed by atoms with Gasteiger partial charge in [-0.2, -0.15) is 0 Å². The molecule has 4 nitrogen and oxygen atoms in total. The Morgan fingerprint density at radius 1 is 1.00 bits per heavy atom. The summed E-state index contributed by atoms with van der Waals surface area (Å²) in [7, 11) is -2.35. The van der Waals surface area contributed by atoms with Gasteiger partial charge in [-0.1, -0.05) is 0 Å². The van der Waals surface area contributed by atoms with Crippen molar-refractivity contribution in [1.82, 2.24) is 8.67 Å². The van der Waals surface area contributed by atoms with Crippen LogP contribution in [0.3, 0.4) is 0 Å². The van der Waals surface area contributed by atoms with E-state index in [-0.39, 0.29) is 11.1 Å². The van der Waals surface area contributed by atoms with Crippen molar-refractivity contribution in [1.29, 1.82) is 0 Å². The summed E-state index contributed by atoms with van der Waals surface area (Å²) in [5.41, 5.74) is 0.196. The van der Waals surface area contributed by atoms with Crippen LogP contribution in [0.15, 0.2) is 0 Å². The Morgan fingerprint density at radius 2 is 1.35 bits per heavy atom. The number of rotatable bonds is 0. The fourth-order valence-electron chi connectivity index (χ4n) is 2.94. The molecule has 1 aliphatic rings. The van der Waals surface area contributed by atoms with Crippen LogP contribution in [0.5, 0.6) is 0 Å². The molecule has 0 unspecified atom stereocenters. The van der Waals surface area contributed by atoms with Crippen molar-refractivity contribution in [2.75, 3.05) is 0 Å². The van der Waals surface area contributed by atoms with Gasteiger partial charge in [-0.15, -0.1) is 4.95 Å². The molecule has 0 bridgehead atoms. The van der Waals surface area contributed by atoms with Gasteiger partial charge < -0.3 is 5.84 Å². The van der Waals surface area contributed by atoms with Gasteiger partial charge in [0.1, 0.15) is 0 Å². The summed E-state index contributed by atoms with van der Waals surface area (Å²) >= 11 is 0. The van der Waals surface area contributed by atoms with Crippen molar-refractivity contribution >= 4 is 16.6 Å². The molecule has 0 aromatic rings. The van der Waals surface area contributed by atoms with Crippen molar-refractivity contribution in [3.63, 3.8) is 0 Å². The zero-order chi connectivity index (χ0) is 13.6. The predicted molar refractivity (Wildman–Crippen MR) is 78.2 cm³/mol. The van der Waals surface area contributed by atoms with Crippen molar-refractivity contribution in [2.45, 2.75) is 65.7 Å². The number of hydrogen-bond acceptors (Lipinski definition) is 2. The molecule has 1 heterocycles. The normalized spacial score (nSPS) is 22.8. The molecule has 1 aliphatic heterocycles. The third kappa shape index (κ3) is 2.51. The van der Waals surface area contributed by atoms with E-state index in [4.69, 9.17) is 5.84 Å². The molecule has 1 fully saturated rings. The molecule has 1 rings (SSSR count). The summed E-state index contributed by atoms with van der Waals surface area (Å²) in [4.78, 5) is 3.17. The maximum Gasteiger partial charge on any atom is 0.324 e. The Morgan fingerprint density at radius 3 is 1.59 bits per heavy atom. The molecular formula is C11H24N4PSi. The van der Waals surface area contributed by atoms with Crippen LogP contribution in [0.1, 0.15) is 41.5 Å². The molecule has 1 saturated heterocycles. The summed E-state index contributed by atoms with van der Waals surface area (Å²) in [6, 6.07) is 0. The average Bonchev–Trinajstić information content (AvgIpc) is 1.95. The monoisotopic (exact) mass is 271 g/mol. The van der Waals surface area contributed by atoms with E-state index in [2.05, 4.69) is 74.1 Å². The summed E-state index contributed by atoms with van der Waals surface area (Å²) in [6.45, 7) is 18.0. The topological polar surface area (TPSA) is 33.1 Å². The Kier molecular flexibility index (Phi) is 3.69. The average molecular weight is 271 g/mol. The molecule has 0 amide bonds. The molecule has 0 aliphatic carbocycles. The lowest BCUT2D eigenvalue weighted by molar-refractivity contribution is 0.243. The molecule has 6 heteroatoms. The van der Waals surface area contributed by atoms with Gasteiger partial charge in [-0.25, -0.2) is 0 Å². The fourth-order valence-corrected chi connectivity index (χ4v) is 12.4. The number of hydrogen-bond donors (Lipinski definition) is 0. The van der Waals surface area contributed by atoms with Crippen molar-refractivity contribution in [2.24, 2.45) is 0 Å². The lowest BCUT2D eigenvalue weighted by Crippen LogP contribution is -2.76. The van der Waals surface area contributed by atoms with Gasteiger partial charge in [0.15, 0.2) is 8.22 Å². The van der Waals surface area contributed by atoms with Crippen LogP contribution < -0.4 is 0 Å². The minimum absolute atomic E-state index is 0.0981. The van der Waals surface area contributed by atoms with Gasteiger partial charge in [0.2, 0.25) is 8.40 Å². The molecule has 0 atom stereocenters. The highest BCUT2D eigenvalue weighted by Gasteiger charge is 2.64. The van der Waals surface area contributed by atoms with E-state index in [9.17, 15) is 0 Å². The van der Waals surface area contributed by atoms with E-state index in [1.165, 1.54) is 0 Å². The van der Waals surface area contributed by atoms with Gasteiger partial charge in [-0.05, 0) is 54.6 Å². The Bertz CT molecular complexity index is 334. The minimum atomic E-state index is -1.62. The van der Waals surface area contributed by atoms with Gasteiger partial charge in [0, 0.05) is 11.1 Å². The third-order valence-corrected chi connectivity index (χ3v) is 12.5. The molecule has 0 aromatic heterocycles. The molecule has 0 saturated carbocycles. The van der Waals surface area contributed by atoms with Gasteiger partial charge in [0.25, 0.3) is 0 Å². The smallest absolute Gasteiger partial charge is 0.324 e. The predicted octanol–water partition coefficient (Wildman–Crippen LogP) is 4.26. The summed E-state index contributed by atoms with van der Waals surface area (Å²) < 4.78 is 5.03. The van der Waals surface area contributed by atoms with Crippen LogP contribution in [0.4, 0.5) is 0 Å². The van der Waals surface area contributed by atoms with Gasteiger partial charge in [0.05, 0.1) is 0 Å². The standard InChI is InChI=1S/C11H24N4PSi/c1-10(2,3)14-16(9-13-12)15(11(4,5)6)17(14,7)8/h1-8H3. The van der Waals surface area contributed by atoms with Gasteiger partial charge in [-0.3, -0.25) is 8.67 Å². The van der Waals surface area contributed by atoms with E-state index in [1.54, 1.807) is 0 Å². The zero-order valence-electron chi connectivity index (χ0n) is 12.2. The highest BCUT2D eigenvalue weighted by atomic mass is 31.1. The van der Waals surface area contributed by atoms with Gasteiger partial charge >= 0.3 is 5.81 Å². The minimum Gasteiger partial charge on any atom is -0.348 e. The summed E-state index contributed by atoms with van der Waals surface area (Å²) in [6.07, 6.45) is 0. The first-order chi connectivity index (χ1) is 7.44. The first-order valence-electron chi connectivity index (χ1n) is 5.94. The van der Waals surface area contributed by atoms with Crippen LogP contribution >= 0.6 is 8.22 Å². The molecule has 17 heavy (non-hydrogen) atoms. The molecular weight excluding hydrogens is 247 g/mol. The molecule has 0 N–H and O–H groups in total. The van der Waals surface area contributed by atoms with Crippen molar-refractivity contribution < 1.29 is 0 Å². The Labute approximate surface area is 108 Å². The second kappa shape index (κ2) is 4.20. The third-order valence-electron chi connectivity index (χ3n) is 2.82. The molecule has 0 spiro atoms. The van der Waals surface area contributed by atoms with E-state index < -0.39 is 16.6 Å². The van der Waals surface area contributed by atoms with E-state index >= 15 is 0 Å². The van der Waals surface area contributed by atoms with Crippen molar-refractivity contribution in [3.8, 4) is 5.81 Å². The first kappa shape index (κ1) is 14.9. The molecule has 97 valence electrons. The molecule has 1 radical (unpaired) electrons. The van der Waals surface area contributed by atoms with Crippen LogP contribution in [0.25, 0.3) is 10.8 Å². The zero-order valence-corrected chi connectivity index (χ0v) is 14.1. The fraction of sp³-hybridized carbons (Fsp3) is 0.909. The summed E-state index contributed by atoms with van der Waals surface area (Å²) in [5.74, 6) is 11.7. The lowest BCUT2D eigenvalue weighted by Gasteiger charge is -2.66.